The first-order valence-electron chi connectivity index (χ1n) is 6.83. The molecule has 0 fully saturated rings. The minimum absolute atomic E-state index is 0.336. The van der Waals surface area contributed by atoms with E-state index in [1.54, 1.807) is 34.9 Å². The van der Waals surface area contributed by atoms with Gasteiger partial charge in [-0.3, -0.25) is 4.79 Å². The van der Waals surface area contributed by atoms with E-state index in [0.717, 1.165) is 11.3 Å². The summed E-state index contributed by atoms with van der Waals surface area (Å²) in [5, 5.41) is 0.558. The van der Waals surface area contributed by atoms with E-state index in [2.05, 4.69) is 9.97 Å². The van der Waals surface area contributed by atoms with Crippen molar-refractivity contribution >= 4 is 23.3 Å². The largest absolute Gasteiger partial charge is 0.384 e. The predicted octanol–water partition coefficient (Wildman–Crippen LogP) is 2.58. The van der Waals surface area contributed by atoms with Crippen molar-refractivity contribution in [3.8, 4) is 17.1 Å². The van der Waals surface area contributed by atoms with Gasteiger partial charge in [-0.15, -0.1) is 0 Å². The van der Waals surface area contributed by atoms with Gasteiger partial charge >= 0.3 is 0 Å². The molecule has 0 atom stereocenters. The van der Waals surface area contributed by atoms with E-state index in [4.69, 9.17) is 23.1 Å². The second-order valence-electron chi connectivity index (χ2n) is 5.06. The monoisotopic (exact) mass is 327 g/mol. The number of aryl methyl sites for hydroxylation is 1. The first kappa shape index (κ1) is 15.1. The Morgan fingerprint density at radius 2 is 1.96 bits per heavy atom. The molecule has 0 radical (unpaired) electrons. The molecule has 0 unspecified atom stereocenters. The van der Waals surface area contributed by atoms with E-state index in [1.807, 2.05) is 13.0 Å². The second-order valence-corrected chi connectivity index (χ2v) is 5.50. The summed E-state index contributed by atoms with van der Waals surface area (Å²) in [5.74, 6) is -0.205. The van der Waals surface area contributed by atoms with Crippen molar-refractivity contribution in [2.75, 3.05) is 5.73 Å². The lowest BCUT2D eigenvalue weighted by molar-refractivity contribution is 0.0994. The number of rotatable bonds is 3. The highest BCUT2D eigenvalue weighted by molar-refractivity contribution is 6.30. The third-order valence-corrected chi connectivity index (χ3v) is 3.73. The average molecular weight is 328 g/mol. The van der Waals surface area contributed by atoms with Crippen LogP contribution in [0.5, 0.6) is 0 Å². The number of hydrogen-bond acceptors (Lipinski definition) is 4. The van der Waals surface area contributed by atoms with E-state index in [9.17, 15) is 4.79 Å². The first-order valence-corrected chi connectivity index (χ1v) is 7.21. The van der Waals surface area contributed by atoms with E-state index >= 15 is 0 Å². The number of primary amides is 1. The third kappa shape index (κ3) is 2.76. The molecule has 1 aromatic carbocycles. The van der Waals surface area contributed by atoms with Crippen LogP contribution in [0.4, 0.5) is 5.82 Å². The van der Waals surface area contributed by atoms with Crippen LogP contribution in [-0.2, 0) is 0 Å². The summed E-state index contributed by atoms with van der Waals surface area (Å²) in [6.45, 7) is 1.93. The molecule has 0 bridgehead atoms. The minimum Gasteiger partial charge on any atom is -0.384 e. The molecule has 2 aromatic heterocycles. The fraction of sp³-hybridized carbons (Fsp3) is 0.0625. The lowest BCUT2D eigenvalue weighted by atomic mass is 10.2. The van der Waals surface area contributed by atoms with Gasteiger partial charge in [0, 0.05) is 11.1 Å². The zero-order valence-electron chi connectivity index (χ0n) is 12.3. The highest BCUT2D eigenvalue weighted by Crippen LogP contribution is 2.29. The summed E-state index contributed by atoms with van der Waals surface area (Å²) in [6, 6.07) is 10.5. The van der Waals surface area contributed by atoms with Crippen LogP contribution in [-0.4, -0.2) is 20.4 Å². The number of anilines is 1. The van der Waals surface area contributed by atoms with E-state index in [1.165, 1.54) is 6.33 Å². The molecule has 2 heterocycles. The summed E-state index contributed by atoms with van der Waals surface area (Å²) in [5.41, 5.74) is 14.5. The summed E-state index contributed by atoms with van der Waals surface area (Å²) in [4.78, 5) is 19.9. The Bertz CT molecular complexity index is 903. The second kappa shape index (κ2) is 5.73. The maximum Gasteiger partial charge on any atom is 0.265 e. The minimum atomic E-state index is -0.544. The Morgan fingerprint density at radius 3 is 2.65 bits per heavy atom. The van der Waals surface area contributed by atoms with Crippen molar-refractivity contribution < 1.29 is 4.79 Å². The number of nitrogens with zero attached hydrogens (tertiary/aromatic N) is 3. The van der Waals surface area contributed by atoms with Crippen LogP contribution < -0.4 is 11.5 Å². The number of nitrogens with two attached hydrogens (primary N) is 2. The Kier molecular flexibility index (Phi) is 3.75. The highest BCUT2D eigenvalue weighted by atomic mass is 35.5. The molecule has 0 spiro atoms. The molecule has 0 saturated heterocycles. The Balaban J connectivity index is 2.31. The molecule has 0 saturated carbocycles. The number of nitrogen functional groups attached to an aromatic ring is 1. The van der Waals surface area contributed by atoms with Crippen LogP contribution >= 0.6 is 11.6 Å². The van der Waals surface area contributed by atoms with Gasteiger partial charge < -0.3 is 16.0 Å². The Hall–Kier alpha value is -2.86. The van der Waals surface area contributed by atoms with Crippen LogP contribution in [0.15, 0.2) is 42.7 Å². The number of aromatic nitrogens is 3. The standard InChI is InChI=1S/C16H14ClN5O/c1-9-2-3-10(17)6-14(9)22-12(4-5-13(22)16(19)23)11-7-15(18)21-8-20-11/h2-8H,1H3,(H2,19,23)(H2,18,20,21). The fourth-order valence-corrected chi connectivity index (χ4v) is 2.59. The topological polar surface area (TPSA) is 99.8 Å². The van der Waals surface area contributed by atoms with Crippen LogP contribution in [0, 0.1) is 6.92 Å². The number of carbonyl (C=O) groups is 1. The van der Waals surface area contributed by atoms with Crippen molar-refractivity contribution in [1.82, 2.24) is 14.5 Å². The van der Waals surface area contributed by atoms with Crippen LogP contribution in [0.25, 0.3) is 17.1 Å². The van der Waals surface area contributed by atoms with E-state index < -0.39 is 5.91 Å². The van der Waals surface area contributed by atoms with Crippen molar-refractivity contribution in [1.29, 1.82) is 0 Å². The molecular weight excluding hydrogens is 314 g/mol. The third-order valence-electron chi connectivity index (χ3n) is 3.50. The average Bonchev–Trinajstić information content (AvgIpc) is 2.94. The van der Waals surface area contributed by atoms with Gasteiger partial charge in [-0.2, -0.15) is 0 Å². The molecule has 23 heavy (non-hydrogen) atoms. The van der Waals surface area contributed by atoms with Gasteiger partial charge in [0.15, 0.2) is 0 Å². The van der Waals surface area contributed by atoms with Crippen molar-refractivity contribution in [3.63, 3.8) is 0 Å². The highest BCUT2D eigenvalue weighted by Gasteiger charge is 2.18. The Labute approximate surface area is 137 Å². The first-order chi connectivity index (χ1) is 11.0. The molecule has 116 valence electrons. The zero-order valence-corrected chi connectivity index (χ0v) is 13.1. The van der Waals surface area contributed by atoms with Gasteiger partial charge in [0.1, 0.15) is 17.8 Å². The van der Waals surface area contributed by atoms with E-state index in [-0.39, 0.29) is 0 Å². The van der Waals surface area contributed by atoms with Crippen LogP contribution in [0.2, 0.25) is 5.02 Å². The molecular formula is C16H14ClN5O. The SMILES string of the molecule is Cc1ccc(Cl)cc1-n1c(C(N)=O)ccc1-c1cc(N)ncn1. The van der Waals surface area contributed by atoms with Crippen molar-refractivity contribution in [2.24, 2.45) is 5.73 Å². The molecule has 0 aliphatic rings. The van der Waals surface area contributed by atoms with Crippen molar-refractivity contribution in [2.45, 2.75) is 6.92 Å². The molecule has 6 nitrogen and oxygen atoms in total. The van der Waals surface area contributed by atoms with Gasteiger partial charge in [-0.05, 0) is 36.8 Å². The van der Waals surface area contributed by atoms with E-state index in [0.29, 0.717) is 27.9 Å². The number of carbonyl (C=O) groups excluding carboxylic acids is 1. The summed E-state index contributed by atoms with van der Waals surface area (Å²) < 4.78 is 1.73. The lowest BCUT2D eigenvalue weighted by Crippen LogP contribution is -2.17. The van der Waals surface area contributed by atoms with Gasteiger partial charge in [-0.25, -0.2) is 9.97 Å². The maximum absolute atomic E-state index is 11.8. The normalized spacial score (nSPS) is 10.7. The summed E-state index contributed by atoms with van der Waals surface area (Å²) >= 11 is 6.11. The van der Waals surface area contributed by atoms with Gasteiger partial charge in [-0.1, -0.05) is 17.7 Å². The molecule has 3 aromatic rings. The number of halogens is 1. The summed E-state index contributed by atoms with van der Waals surface area (Å²) in [6.07, 6.45) is 1.37. The van der Waals surface area contributed by atoms with Crippen LogP contribution in [0.1, 0.15) is 16.1 Å². The van der Waals surface area contributed by atoms with Crippen molar-refractivity contribution in [3.05, 3.63) is 59.0 Å². The fourth-order valence-electron chi connectivity index (χ4n) is 2.42. The molecule has 7 heteroatoms. The molecule has 3 rings (SSSR count). The van der Waals surface area contributed by atoms with Gasteiger partial charge in [0.05, 0.1) is 17.1 Å². The van der Waals surface area contributed by atoms with Gasteiger partial charge in [0.2, 0.25) is 0 Å². The number of benzene rings is 1. The van der Waals surface area contributed by atoms with Gasteiger partial charge in [0.25, 0.3) is 5.91 Å². The lowest BCUT2D eigenvalue weighted by Gasteiger charge is -2.15. The Morgan fingerprint density at radius 1 is 1.17 bits per heavy atom. The summed E-state index contributed by atoms with van der Waals surface area (Å²) in [7, 11) is 0. The smallest absolute Gasteiger partial charge is 0.265 e. The number of amides is 1. The molecule has 0 aliphatic carbocycles. The molecule has 1 amide bonds. The predicted molar refractivity (Wildman–Crippen MR) is 89.5 cm³/mol. The quantitative estimate of drug-likeness (QED) is 0.772. The van der Waals surface area contributed by atoms with Crippen LogP contribution in [0.3, 0.4) is 0 Å². The maximum atomic E-state index is 11.8. The molecule has 4 N–H and O–H groups in total. The number of hydrogen-bond donors (Lipinski definition) is 2. The zero-order chi connectivity index (χ0) is 16.6. The molecule has 0 aliphatic heterocycles.